The molecule has 0 aliphatic rings. The van der Waals surface area contributed by atoms with Crippen molar-refractivity contribution in [3.63, 3.8) is 0 Å². The molecular weight excluding hydrogens is 338 g/mol. The van der Waals surface area contributed by atoms with E-state index in [1.54, 1.807) is 24.3 Å². The van der Waals surface area contributed by atoms with Gasteiger partial charge in [-0.25, -0.2) is 0 Å². The summed E-state index contributed by atoms with van der Waals surface area (Å²) in [5.74, 6) is -0.817. The molecule has 1 atom stereocenters. The fourth-order valence-corrected chi connectivity index (χ4v) is 2.61. The highest BCUT2D eigenvalue weighted by Crippen LogP contribution is 2.16. The van der Waals surface area contributed by atoms with Crippen LogP contribution in [0, 0.1) is 0 Å². The Hall–Kier alpha value is -2.33. The van der Waals surface area contributed by atoms with Crippen LogP contribution < -0.4 is 5.32 Å². The largest absolute Gasteiger partial charge is 0.455 e. The molecular formula is C20H22ClNO3. The summed E-state index contributed by atoms with van der Waals surface area (Å²) >= 11 is 6.00. The molecule has 1 N–H and O–H groups in total. The maximum absolute atomic E-state index is 12.0. The highest BCUT2D eigenvalue weighted by molar-refractivity contribution is 6.31. The Morgan fingerprint density at radius 1 is 1.12 bits per heavy atom. The number of rotatable bonds is 7. The van der Waals surface area contributed by atoms with Gasteiger partial charge in [-0.15, -0.1) is 0 Å². The van der Waals surface area contributed by atoms with Gasteiger partial charge in [0.1, 0.15) is 0 Å². The molecule has 0 saturated heterocycles. The second-order valence-corrected chi connectivity index (χ2v) is 6.22. The molecule has 0 spiro atoms. The number of hydrogen-bond donors (Lipinski definition) is 1. The summed E-state index contributed by atoms with van der Waals surface area (Å²) in [5, 5.41) is 3.33. The van der Waals surface area contributed by atoms with Gasteiger partial charge in [0.25, 0.3) is 5.91 Å². The first-order chi connectivity index (χ1) is 12.0. The van der Waals surface area contributed by atoms with E-state index in [9.17, 15) is 9.59 Å². The number of carbonyl (C=O) groups excluding carboxylic acids is 2. The third kappa shape index (κ3) is 5.91. The third-order valence-electron chi connectivity index (χ3n) is 3.92. The van der Waals surface area contributed by atoms with Crippen LogP contribution in [0.4, 0.5) is 0 Å². The van der Waals surface area contributed by atoms with Crippen LogP contribution in [0.15, 0.2) is 48.5 Å². The lowest BCUT2D eigenvalue weighted by Gasteiger charge is -2.15. The van der Waals surface area contributed by atoms with Crippen LogP contribution in [-0.4, -0.2) is 18.5 Å². The zero-order valence-electron chi connectivity index (χ0n) is 14.4. The maximum atomic E-state index is 12.0. The second-order valence-electron chi connectivity index (χ2n) is 5.81. The van der Waals surface area contributed by atoms with Crippen molar-refractivity contribution in [2.24, 2.45) is 0 Å². The van der Waals surface area contributed by atoms with Crippen LogP contribution in [0.1, 0.15) is 36.6 Å². The summed E-state index contributed by atoms with van der Waals surface area (Å²) in [6.45, 7) is 3.68. The quantitative estimate of drug-likeness (QED) is 0.763. The Bertz CT molecular complexity index is 728. The molecule has 4 nitrogen and oxygen atoms in total. The molecule has 25 heavy (non-hydrogen) atoms. The molecule has 0 saturated carbocycles. The highest BCUT2D eigenvalue weighted by atomic mass is 35.5. The normalized spacial score (nSPS) is 11.6. The molecule has 2 aromatic carbocycles. The Labute approximate surface area is 153 Å². The molecule has 2 rings (SSSR count). The smallest absolute Gasteiger partial charge is 0.310 e. The number of esters is 1. The minimum Gasteiger partial charge on any atom is -0.455 e. The van der Waals surface area contributed by atoms with E-state index in [2.05, 4.69) is 12.2 Å². The predicted octanol–water partition coefficient (Wildman–Crippen LogP) is 3.87. The lowest BCUT2D eigenvalue weighted by molar-refractivity contribution is -0.148. The van der Waals surface area contributed by atoms with Crippen LogP contribution in [0.5, 0.6) is 0 Å². The summed E-state index contributed by atoms with van der Waals surface area (Å²) in [6.07, 6.45) is 1.02. The van der Waals surface area contributed by atoms with Gasteiger partial charge in [0.05, 0.1) is 12.5 Å². The van der Waals surface area contributed by atoms with Crippen molar-refractivity contribution in [2.75, 3.05) is 6.61 Å². The Morgan fingerprint density at radius 2 is 1.80 bits per heavy atom. The number of benzene rings is 2. The van der Waals surface area contributed by atoms with Gasteiger partial charge in [-0.3, -0.25) is 9.59 Å². The van der Waals surface area contributed by atoms with Crippen LogP contribution in [0.3, 0.4) is 0 Å². The zero-order chi connectivity index (χ0) is 18.2. The summed E-state index contributed by atoms with van der Waals surface area (Å²) < 4.78 is 5.03. The van der Waals surface area contributed by atoms with Crippen LogP contribution in [0.25, 0.3) is 0 Å². The number of ether oxygens (including phenoxy) is 1. The summed E-state index contributed by atoms with van der Waals surface area (Å²) in [7, 11) is 0. The van der Waals surface area contributed by atoms with E-state index >= 15 is 0 Å². The number of hydrogen-bond acceptors (Lipinski definition) is 3. The van der Waals surface area contributed by atoms with E-state index < -0.39 is 5.97 Å². The summed E-state index contributed by atoms with van der Waals surface area (Å²) in [5.41, 5.74) is 2.93. The fourth-order valence-electron chi connectivity index (χ4n) is 2.40. The number of carbonyl (C=O) groups is 2. The Balaban J connectivity index is 1.79. The van der Waals surface area contributed by atoms with Gasteiger partial charge in [-0.1, -0.05) is 61.0 Å². The number of aryl methyl sites for hydroxylation is 1. The standard InChI is InChI=1S/C20H22ClNO3/c1-3-15-8-10-16(11-9-15)14(2)22-19(23)13-25-20(24)12-17-6-4-5-7-18(17)21/h4-11,14H,3,12-13H2,1-2H3,(H,22,23). The molecule has 0 bridgehead atoms. The molecule has 5 heteroatoms. The van der Waals surface area contributed by atoms with E-state index in [4.69, 9.17) is 16.3 Å². The molecule has 2 aromatic rings. The minimum atomic E-state index is -0.483. The van der Waals surface area contributed by atoms with Gasteiger partial charge >= 0.3 is 5.97 Å². The van der Waals surface area contributed by atoms with Gasteiger partial charge in [0.15, 0.2) is 6.61 Å². The van der Waals surface area contributed by atoms with Gasteiger partial charge in [0, 0.05) is 5.02 Å². The first-order valence-corrected chi connectivity index (χ1v) is 8.64. The first kappa shape index (κ1) is 19.0. The van der Waals surface area contributed by atoms with Gasteiger partial charge in [0.2, 0.25) is 0 Å². The second kappa shape index (κ2) is 9.23. The van der Waals surface area contributed by atoms with Crippen molar-refractivity contribution in [1.29, 1.82) is 0 Å². The van der Waals surface area contributed by atoms with Crippen molar-refractivity contribution in [2.45, 2.75) is 32.7 Å². The van der Waals surface area contributed by atoms with Gasteiger partial charge in [-0.05, 0) is 36.1 Å². The third-order valence-corrected chi connectivity index (χ3v) is 4.29. The van der Waals surface area contributed by atoms with E-state index in [1.165, 1.54) is 5.56 Å². The Kier molecular flexibility index (Phi) is 7.02. The van der Waals surface area contributed by atoms with Crippen LogP contribution in [0.2, 0.25) is 5.02 Å². The highest BCUT2D eigenvalue weighted by Gasteiger charge is 2.13. The van der Waals surface area contributed by atoms with Crippen molar-refractivity contribution in [3.05, 3.63) is 70.2 Å². The van der Waals surface area contributed by atoms with Crippen LogP contribution >= 0.6 is 11.6 Å². The lowest BCUT2D eigenvalue weighted by Crippen LogP contribution is -2.31. The van der Waals surface area contributed by atoms with E-state index in [1.807, 2.05) is 31.2 Å². The maximum Gasteiger partial charge on any atom is 0.310 e. The number of nitrogens with one attached hydrogen (secondary N) is 1. The average Bonchev–Trinajstić information content (AvgIpc) is 2.62. The number of halogens is 1. The molecule has 1 amide bonds. The fraction of sp³-hybridized carbons (Fsp3) is 0.300. The van der Waals surface area contributed by atoms with Gasteiger partial charge < -0.3 is 10.1 Å². The summed E-state index contributed by atoms with van der Waals surface area (Å²) in [4.78, 5) is 23.8. The predicted molar refractivity (Wildman–Crippen MR) is 98.5 cm³/mol. The Morgan fingerprint density at radius 3 is 2.44 bits per heavy atom. The topological polar surface area (TPSA) is 55.4 Å². The van der Waals surface area contributed by atoms with Crippen molar-refractivity contribution in [3.8, 4) is 0 Å². The van der Waals surface area contributed by atoms with Crippen molar-refractivity contribution in [1.82, 2.24) is 5.32 Å². The van der Waals surface area contributed by atoms with E-state index in [-0.39, 0.29) is 25.0 Å². The monoisotopic (exact) mass is 359 g/mol. The van der Waals surface area contributed by atoms with Crippen LogP contribution in [-0.2, 0) is 27.2 Å². The molecule has 0 heterocycles. The first-order valence-electron chi connectivity index (χ1n) is 8.26. The molecule has 0 radical (unpaired) electrons. The van der Waals surface area contributed by atoms with Crippen molar-refractivity contribution >= 4 is 23.5 Å². The molecule has 1 unspecified atom stereocenters. The molecule has 0 fully saturated rings. The number of amides is 1. The van der Waals surface area contributed by atoms with E-state index in [0.29, 0.717) is 10.6 Å². The summed E-state index contributed by atoms with van der Waals surface area (Å²) in [6, 6.07) is 15.0. The van der Waals surface area contributed by atoms with Crippen molar-refractivity contribution < 1.29 is 14.3 Å². The molecule has 0 aromatic heterocycles. The molecule has 0 aliphatic carbocycles. The lowest BCUT2D eigenvalue weighted by atomic mass is 10.1. The average molecular weight is 360 g/mol. The minimum absolute atomic E-state index is 0.0426. The molecule has 132 valence electrons. The molecule has 0 aliphatic heterocycles. The van der Waals surface area contributed by atoms with Gasteiger partial charge in [-0.2, -0.15) is 0 Å². The SMILES string of the molecule is CCc1ccc(C(C)NC(=O)COC(=O)Cc2ccccc2Cl)cc1. The van der Waals surface area contributed by atoms with E-state index in [0.717, 1.165) is 12.0 Å². The zero-order valence-corrected chi connectivity index (χ0v) is 15.2.